The Labute approximate surface area is 139 Å². The summed E-state index contributed by atoms with van der Waals surface area (Å²) in [5.41, 5.74) is 6.52. The molecule has 1 fully saturated rings. The molecule has 1 saturated heterocycles. The van der Waals surface area contributed by atoms with Gasteiger partial charge < -0.3 is 19.9 Å². The van der Waals surface area contributed by atoms with Gasteiger partial charge in [0.2, 0.25) is 5.89 Å². The number of rotatable bonds is 6. The lowest BCUT2D eigenvalue weighted by Crippen LogP contribution is -2.46. The van der Waals surface area contributed by atoms with Crippen LogP contribution in [0.4, 0.5) is 5.69 Å². The molecule has 2 aromatic rings. The normalized spacial score (nSPS) is 15.6. The van der Waals surface area contributed by atoms with E-state index in [-0.39, 0.29) is 5.69 Å². The number of anilines is 1. The number of amides is 1. The van der Waals surface area contributed by atoms with Gasteiger partial charge in [0.1, 0.15) is 12.3 Å². The SMILES string of the molecule is COCc1noc(CN2CCN(c3ccnc(C(N)=O)c3)CC2)n1. The summed E-state index contributed by atoms with van der Waals surface area (Å²) in [5, 5.41) is 3.86. The number of ether oxygens (including phenoxy) is 1. The Hall–Kier alpha value is -2.52. The molecule has 9 nitrogen and oxygen atoms in total. The molecule has 1 aliphatic rings. The molecule has 0 aliphatic carbocycles. The minimum atomic E-state index is -0.515. The number of hydrogen-bond acceptors (Lipinski definition) is 8. The van der Waals surface area contributed by atoms with Crippen LogP contribution < -0.4 is 10.6 Å². The fourth-order valence-corrected chi connectivity index (χ4v) is 2.65. The van der Waals surface area contributed by atoms with Crippen molar-refractivity contribution in [3.8, 4) is 0 Å². The van der Waals surface area contributed by atoms with Crippen LogP contribution in [0.2, 0.25) is 0 Å². The number of nitrogens with two attached hydrogens (primary N) is 1. The number of aromatic nitrogens is 3. The highest BCUT2D eigenvalue weighted by molar-refractivity contribution is 5.91. The zero-order valence-electron chi connectivity index (χ0n) is 13.5. The smallest absolute Gasteiger partial charge is 0.267 e. The second-order valence-electron chi connectivity index (χ2n) is 5.56. The van der Waals surface area contributed by atoms with E-state index in [2.05, 4.69) is 24.9 Å². The highest BCUT2D eigenvalue weighted by atomic mass is 16.5. The molecule has 3 heterocycles. The van der Waals surface area contributed by atoms with Crippen molar-refractivity contribution in [2.24, 2.45) is 5.73 Å². The summed E-state index contributed by atoms with van der Waals surface area (Å²) in [5.74, 6) is 0.635. The molecule has 9 heteroatoms. The maximum absolute atomic E-state index is 11.2. The van der Waals surface area contributed by atoms with Crippen LogP contribution in [0.15, 0.2) is 22.9 Å². The molecular weight excluding hydrogens is 312 g/mol. The van der Waals surface area contributed by atoms with Crippen LogP contribution in [0, 0.1) is 0 Å². The number of primary amides is 1. The number of carbonyl (C=O) groups is 1. The average Bonchev–Trinajstić information content (AvgIpc) is 3.03. The van der Waals surface area contributed by atoms with Crippen LogP contribution in [0.5, 0.6) is 0 Å². The molecule has 0 aromatic carbocycles. The number of nitrogens with zero attached hydrogens (tertiary/aromatic N) is 5. The second-order valence-corrected chi connectivity index (χ2v) is 5.56. The minimum Gasteiger partial charge on any atom is -0.377 e. The first-order chi connectivity index (χ1) is 11.7. The third kappa shape index (κ3) is 3.87. The van der Waals surface area contributed by atoms with Gasteiger partial charge in [0, 0.05) is 45.2 Å². The Balaban J connectivity index is 1.55. The Morgan fingerprint density at radius 2 is 2.17 bits per heavy atom. The first kappa shape index (κ1) is 16.3. The summed E-state index contributed by atoms with van der Waals surface area (Å²) in [6.45, 7) is 4.35. The van der Waals surface area contributed by atoms with Crippen molar-refractivity contribution in [2.45, 2.75) is 13.2 Å². The van der Waals surface area contributed by atoms with E-state index in [0.29, 0.717) is 24.9 Å². The highest BCUT2D eigenvalue weighted by Crippen LogP contribution is 2.17. The Morgan fingerprint density at radius 1 is 1.38 bits per heavy atom. The first-order valence-electron chi connectivity index (χ1n) is 7.69. The number of pyridine rings is 1. The topological polar surface area (TPSA) is 111 Å². The average molecular weight is 332 g/mol. The molecule has 1 aliphatic heterocycles. The largest absolute Gasteiger partial charge is 0.377 e. The van der Waals surface area contributed by atoms with Gasteiger partial charge in [-0.15, -0.1) is 0 Å². The maximum Gasteiger partial charge on any atom is 0.267 e. The van der Waals surface area contributed by atoms with Gasteiger partial charge in [-0.05, 0) is 12.1 Å². The zero-order chi connectivity index (χ0) is 16.9. The van der Waals surface area contributed by atoms with Gasteiger partial charge in [0.25, 0.3) is 5.91 Å². The summed E-state index contributed by atoms with van der Waals surface area (Å²) in [4.78, 5) is 23.9. The monoisotopic (exact) mass is 332 g/mol. The zero-order valence-corrected chi connectivity index (χ0v) is 13.5. The first-order valence-corrected chi connectivity index (χ1v) is 7.69. The molecule has 0 atom stereocenters. The molecule has 3 rings (SSSR count). The van der Waals surface area contributed by atoms with Crippen molar-refractivity contribution >= 4 is 11.6 Å². The molecule has 2 N–H and O–H groups in total. The summed E-state index contributed by atoms with van der Waals surface area (Å²) < 4.78 is 10.2. The Kier molecular flexibility index (Phi) is 5.02. The van der Waals surface area contributed by atoms with Crippen molar-refractivity contribution < 1.29 is 14.1 Å². The molecule has 0 saturated carbocycles. The molecule has 0 bridgehead atoms. The number of methoxy groups -OCH3 is 1. The number of piperazine rings is 1. The van der Waals surface area contributed by atoms with E-state index in [1.807, 2.05) is 6.07 Å². The lowest BCUT2D eigenvalue weighted by molar-refractivity contribution is 0.0995. The summed E-state index contributed by atoms with van der Waals surface area (Å²) in [7, 11) is 1.60. The molecular formula is C15H20N6O3. The Bertz CT molecular complexity index is 696. The predicted octanol–water partition coefficient (Wildman–Crippen LogP) is 0.0321. The van der Waals surface area contributed by atoms with Crippen LogP contribution in [0.1, 0.15) is 22.2 Å². The van der Waals surface area contributed by atoms with E-state index in [1.54, 1.807) is 19.4 Å². The van der Waals surface area contributed by atoms with Gasteiger partial charge >= 0.3 is 0 Å². The molecule has 0 radical (unpaired) electrons. The van der Waals surface area contributed by atoms with E-state index in [9.17, 15) is 4.79 Å². The highest BCUT2D eigenvalue weighted by Gasteiger charge is 2.20. The summed E-state index contributed by atoms with van der Waals surface area (Å²) >= 11 is 0. The minimum absolute atomic E-state index is 0.284. The molecule has 0 spiro atoms. The third-order valence-corrected chi connectivity index (χ3v) is 3.88. The van der Waals surface area contributed by atoms with Crippen LogP contribution in [0.25, 0.3) is 0 Å². The number of hydrogen-bond donors (Lipinski definition) is 1. The number of carbonyl (C=O) groups excluding carboxylic acids is 1. The second kappa shape index (κ2) is 7.37. The van der Waals surface area contributed by atoms with Gasteiger partial charge in [-0.25, -0.2) is 0 Å². The van der Waals surface area contributed by atoms with Crippen molar-refractivity contribution in [2.75, 3.05) is 38.2 Å². The summed E-state index contributed by atoms with van der Waals surface area (Å²) in [6.07, 6.45) is 1.61. The van der Waals surface area contributed by atoms with E-state index in [4.69, 9.17) is 15.0 Å². The van der Waals surface area contributed by atoms with Crippen molar-refractivity contribution in [3.05, 3.63) is 35.7 Å². The van der Waals surface area contributed by atoms with Crippen molar-refractivity contribution in [1.29, 1.82) is 0 Å². The fourth-order valence-electron chi connectivity index (χ4n) is 2.65. The van der Waals surface area contributed by atoms with E-state index in [0.717, 1.165) is 31.9 Å². The maximum atomic E-state index is 11.2. The summed E-state index contributed by atoms with van der Waals surface area (Å²) in [6, 6.07) is 3.62. The Morgan fingerprint density at radius 3 is 2.88 bits per heavy atom. The van der Waals surface area contributed by atoms with Gasteiger partial charge in [-0.3, -0.25) is 14.7 Å². The molecule has 128 valence electrons. The quantitative estimate of drug-likeness (QED) is 0.789. The third-order valence-electron chi connectivity index (χ3n) is 3.88. The fraction of sp³-hybridized carbons (Fsp3) is 0.467. The van der Waals surface area contributed by atoms with Crippen LogP contribution in [-0.2, 0) is 17.9 Å². The lowest BCUT2D eigenvalue weighted by atomic mass is 10.2. The van der Waals surface area contributed by atoms with Gasteiger partial charge in [0.05, 0.1) is 6.54 Å². The molecule has 1 amide bonds. The molecule has 2 aromatic heterocycles. The standard InChI is InChI=1S/C15H20N6O3/c1-23-10-13-18-14(24-19-13)9-20-4-6-21(7-5-20)11-2-3-17-12(8-11)15(16)22/h2-3,8H,4-7,9-10H2,1H3,(H2,16,22). The van der Waals surface area contributed by atoms with Gasteiger partial charge in [0.15, 0.2) is 5.82 Å². The van der Waals surface area contributed by atoms with E-state index < -0.39 is 5.91 Å². The predicted molar refractivity (Wildman–Crippen MR) is 85.3 cm³/mol. The van der Waals surface area contributed by atoms with Crippen molar-refractivity contribution in [3.63, 3.8) is 0 Å². The molecule has 0 unspecified atom stereocenters. The van der Waals surface area contributed by atoms with Crippen LogP contribution >= 0.6 is 0 Å². The van der Waals surface area contributed by atoms with E-state index in [1.165, 1.54) is 0 Å². The van der Waals surface area contributed by atoms with Gasteiger partial charge in [-0.2, -0.15) is 4.98 Å². The van der Waals surface area contributed by atoms with E-state index >= 15 is 0 Å². The van der Waals surface area contributed by atoms with Crippen LogP contribution in [-0.4, -0.2) is 59.2 Å². The van der Waals surface area contributed by atoms with Crippen LogP contribution in [0.3, 0.4) is 0 Å². The molecule has 24 heavy (non-hydrogen) atoms. The van der Waals surface area contributed by atoms with Crippen molar-refractivity contribution in [1.82, 2.24) is 20.0 Å². The van der Waals surface area contributed by atoms with Gasteiger partial charge in [-0.1, -0.05) is 5.16 Å². The lowest BCUT2D eigenvalue weighted by Gasteiger charge is -2.35.